The number of carbonyl (C=O) groups excluding carboxylic acids is 2. The molecule has 0 saturated carbocycles. The molecule has 11 nitrogen and oxygen atoms in total. The molecule has 5 aromatic rings. The van der Waals surface area contributed by atoms with Crippen LogP contribution in [-0.2, 0) is 22.4 Å². The van der Waals surface area contributed by atoms with E-state index in [0.29, 0.717) is 28.8 Å². The highest BCUT2D eigenvalue weighted by molar-refractivity contribution is 6.30. The summed E-state index contributed by atoms with van der Waals surface area (Å²) in [7, 11) is 0. The quantitative estimate of drug-likeness (QED) is 0.217. The molecule has 5 rings (SSSR count). The molecule has 0 radical (unpaired) electrons. The number of benzene rings is 1. The number of anilines is 1. The van der Waals surface area contributed by atoms with Gasteiger partial charge >= 0.3 is 6.09 Å². The van der Waals surface area contributed by atoms with E-state index in [1.165, 1.54) is 0 Å². The van der Waals surface area contributed by atoms with E-state index in [-0.39, 0.29) is 12.2 Å². The lowest BCUT2D eigenvalue weighted by atomic mass is 9.99. The third kappa shape index (κ3) is 9.79. The van der Waals surface area contributed by atoms with Crippen molar-refractivity contribution in [1.82, 2.24) is 25.6 Å². The van der Waals surface area contributed by atoms with Crippen LogP contribution in [0, 0.1) is 0 Å². The number of Topliss-reactive ketones (excluding diaryl/α,β-unsaturated/α-hetero) is 1. The van der Waals surface area contributed by atoms with Gasteiger partial charge in [-0.1, -0.05) is 34.0 Å². The summed E-state index contributed by atoms with van der Waals surface area (Å²) in [5.74, 6) is 0.504. The number of nitrogens with one attached hydrogen (secondary N) is 1. The summed E-state index contributed by atoms with van der Waals surface area (Å²) in [5, 5.41) is 11.1. The first-order chi connectivity index (χ1) is 20.6. The number of hydrogen-bond acceptors (Lipinski definition) is 10. The van der Waals surface area contributed by atoms with Gasteiger partial charge in [-0.2, -0.15) is 0 Å². The highest BCUT2D eigenvalue weighted by atomic mass is 35.5. The summed E-state index contributed by atoms with van der Waals surface area (Å²) < 4.78 is 15.4. The van der Waals surface area contributed by atoms with E-state index in [9.17, 15) is 9.59 Å². The number of amides is 1. The van der Waals surface area contributed by atoms with Crippen molar-refractivity contribution in [3.8, 4) is 22.5 Å². The summed E-state index contributed by atoms with van der Waals surface area (Å²) in [6.07, 6.45) is 6.31. The second kappa shape index (κ2) is 14.2. The first kappa shape index (κ1) is 30.9. The molecule has 0 aliphatic carbocycles. The highest BCUT2D eigenvalue weighted by Crippen LogP contribution is 2.20. The van der Waals surface area contributed by atoms with Gasteiger partial charge in [0.2, 0.25) is 5.88 Å². The fraction of sp³-hybridized carbons (Fsp3) is 0.226. The number of ether oxygens (including phenoxy) is 1. The van der Waals surface area contributed by atoms with Gasteiger partial charge in [-0.05, 0) is 69.2 Å². The van der Waals surface area contributed by atoms with Gasteiger partial charge in [0.15, 0.2) is 5.78 Å². The predicted molar refractivity (Wildman–Crippen MR) is 161 cm³/mol. The molecule has 4 aromatic heterocycles. The van der Waals surface area contributed by atoms with Crippen molar-refractivity contribution in [2.24, 2.45) is 0 Å². The molecule has 0 fully saturated rings. The molecular formula is C31H31ClN6O5. The topological polar surface area (TPSA) is 159 Å². The molecule has 0 bridgehead atoms. The molecular weight excluding hydrogens is 572 g/mol. The number of rotatable bonds is 8. The van der Waals surface area contributed by atoms with E-state index >= 15 is 0 Å². The van der Waals surface area contributed by atoms with Crippen LogP contribution in [0.5, 0.6) is 0 Å². The monoisotopic (exact) mass is 602 g/mol. The molecule has 1 atom stereocenters. The van der Waals surface area contributed by atoms with Gasteiger partial charge in [-0.15, -0.1) is 0 Å². The zero-order valence-electron chi connectivity index (χ0n) is 23.9. The van der Waals surface area contributed by atoms with Crippen LogP contribution < -0.4 is 11.1 Å². The highest BCUT2D eigenvalue weighted by Gasteiger charge is 2.26. The lowest BCUT2D eigenvalue weighted by Crippen LogP contribution is -2.45. The fourth-order valence-electron chi connectivity index (χ4n) is 3.85. The van der Waals surface area contributed by atoms with Crippen molar-refractivity contribution in [3.05, 3.63) is 102 Å². The van der Waals surface area contributed by atoms with Crippen LogP contribution in [0.2, 0.25) is 5.02 Å². The number of hydrogen-bond donors (Lipinski definition) is 2. The molecule has 43 heavy (non-hydrogen) atoms. The van der Waals surface area contributed by atoms with Gasteiger partial charge in [-0.25, -0.2) is 4.79 Å². The smallest absolute Gasteiger partial charge is 0.408 e. The summed E-state index contributed by atoms with van der Waals surface area (Å²) >= 11 is 5.95. The van der Waals surface area contributed by atoms with Gasteiger partial charge < -0.3 is 24.8 Å². The molecule has 222 valence electrons. The van der Waals surface area contributed by atoms with Crippen LogP contribution in [0.4, 0.5) is 10.7 Å². The summed E-state index contributed by atoms with van der Waals surface area (Å²) in [6, 6.07) is 17.0. The lowest BCUT2D eigenvalue weighted by molar-refractivity contribution is -0.120. The first-order valence-corrected chi connectivity index (χ1v) is 13.7. The molecule has 4 heterocycles. The Hall–Kier alpha value is -5.03. The second-order valence-corrected chi connectivity index (χ2v) is 10.9. The molecule has 0 aliphatic rings. The summed E-state index contributed by atoms with van der Waals surface area (Å²) in [5.41, 5.74) is 8.68. The summed E-state index contributed by atoms with van der Waals surface area (Å²) in [4.78, 5) is 33.2. The number of nitrogens with two attached hydrogens (primary N) is 1. The molecule has 0 unspecified atom stereocenters. The fourth-order valence-corrected chi connectivity index (χ4v) is 3.98. The molecule has 0 spiro atoms. The number of carbonyl (C=O) groups is 2. The third-order valence-corrected chi connectivity index (χ3v) is 6.07. The molecule has 3 N–H and O–H groups in total. The van der Waals surface area contributed by atoms with Gasteiger partial charge in [0.25, 0.3) is 0 Å². The Morgan fingerprint density at radius 3 is 1.98 bits per heavy atom. The number of alkyl carbamates (subject to hydrolysis) is 1. The Labute approximate surface area is 253 Å². The number of aromatic nitrogens is 4. The van der Waals surface area contributed by atoms with E-state index in [1.54, 1.807) is 82.0 Å². The Morgan fingerprint density at radius 2 is 1.44 bits per heavy atom. The van der Waals surface area contributed by atoms with Crippen LogP contribution in [-0.4, -0.2) is 43.8 Å². The van der Waals surface area contributed by atoms with Gasteiger partial charge in [0.05, 0.1) is 12.5 Å². The van der Waals surface area contributed by atoms with E-state index in [0.717, 1.165) is 22.4 Å². The number of nitrogens with zero attached hydrogens (tertiary/aromatic N) is 4. The lowest BCUT2D eigenvalue weighted by Gasteiger charge is -2.23. The van der Waals surface area contributed by atoms with Crippen LogP contribution in [0.1, 0.15) is 32.1 Å². The predicted octanol–water partition coefficient (Wildman–Crippen LogP) is 5.96. The van der Waals surface area contributed by atoms with Crippen LogP contribution in [0.15, 0.2) is 94.5 Å². The molecule has 12 heteroatoms. The van der Waals surface area contributed by atoms with Crippen molar-refractivity contribution >= 4 is 29.4 Å². The Kier molecular flexibility index (Phi) is 10.2. The Morgan fingerprint density at radius 1 is 0.884 bits per heavy atom. The average molecular weight is 603 g/mol. The van der Waals surface area contributed by atoms with Crippen molar-refractivity contribution in [1.29, 1.82) is 0 Å². The minimum atomic E-state index is -0.800. The molecule has 0 aliphatic heterocycles. The minimum absolute atomic E-state index is 0.0217. The van der Waals surface area contributed by atoms with E-state index in [2.05, 4.69) is 25.6 Å². The van der Waals surface area contributed by atoms with Gasteiger partial charge in [-0.3, -0.25) is 14.8 Å². The number of nitrogen functional groups attached to an aromatic ring is 1. The molecule has 0 saturated heterocycles. The maximum absolute atomic E-state index is 13.0. The van der Waals surface area contributed by atoms with Crippen molar-refractivity contribution in [2.75, 3.05) is 5.73 Å². The number of pyridine rings is 2. The van der Waals surface area contributed by atoms with Crippen LogP contribution >= 0.6 is 11.6 Å². The molecule has 1 aromatic carbocycles. The zero-order valence-corrected chi connectivity index (χ0v) is 24.6. The Bertz CT molecular complexity index is 1620. The number of halogens is 1. The SMILES string of the molecule is CC(C)(C)OC(=O)N[C@@H](Cc1ccc(Cl)cc1)C(=O)Cc1cc(-c2ccncc2)no1.Nc1cc(-c2ccncc2)no1. The maximum Gasteiger partial charge on any atom is 0.408 e. The largest absolute Gasteiger partial charge is 0.444 e. The van der Waals surface area contributed by atoms with Gasteiger partial charge in [0, 0.05) is 53.1 Å². The van der Waals surface area contributed by atoms with Crippen molar-refractivity contribution in [2.45, 2.75) is 45.3 Å². The molecule has 1 amide bonds. The van der Waals surface area contributed by atoms with Crippen LogP contribution in [0.3, 0.4) is 0 Å². The minimum Gasteiger partial charge on any atom is -0.444 e. The summed E-state index contributed by atoms with van der Waals surface area (Å²) in [6.45, 7) is 5.28. The van der Waals surface area contributed by atoms with E-state index in [1.807, 2.05) is 24.3 Å². The first-order valence-electron chi connectivity index (χ1n) is 13.3. The maximum atomic E-state index is 13.0. The second-order valence-electron chi connectivity index (χ2n) is 10.4. The van der Waals surface area contributed by atoms with E-state index < -0.39 is 17.7 Å². The zero-order chi connectivity index (χ0) is 30.8. The van der Waals surface area contributed by atoms with Crippen molar-refractivity contribution < 1.29 is 23.4 Å². The number of ketones is 1. The average Bonchev–Trinajstić information content (AvgIpc) is 3.63. The van der Waals surface area contributed by atoms with Crippen molar-refractivity contribution in [3.63, 3.8) is 0 Å². The standard InChI is InChI=1S/C23H24ClN3O4.C8H7N3O/c1-23(2,3)30-22(29)26-20(12-15-4-6-17(24)7-5-15)21(28)14-18-13-19(27-31-18)16-8-10-25-11-9-16;9-8-5-7(11-12-8)6-1-3-10-4-2-6/h4-11,13,20H,12,14H2,1-3H3,(H,26,29);1-5H,9H2/t20-;/m0./s1. The van der Waals surface area contributed by atoms with E-state index in [4.69, 9.17) is 31.1 Å². The third-order valence-electron chi connectivity index (χ3n) is 5.82. The van der Waals surface area contributed by atoms with Crippen LogP contribution in [0.25, 0.3) is 22.5 Å². The normalized spacial score (nSPS) is 11.6. The Balaban J connectivity index is 0.000000292. The van der Waals surface area contributed by atoms with Gasteiger partial charge in [0.1, 0.15) is 22.7 Å².